The molecule has 0 saturated carbocycles. The van der Waals surface area contributed by atoms with Crippen LogP contribution in [0.25, 0.3) is 0 Å². The van der Waals surface area contributed by atoms with Crippen molar-refractivity contribution in [1.82, 2.24) is 4.90 Å². The van der Waals surface area contributed by atoms with Gasteiger partial charge in [0.2, 0.25) is 0 Å². The van der Waals surface area contributed by atoms with Gasteiger partial charge in [0.15, 0.2) is 0 Å². The average molecular weight is 426 g/mol. The normalized spacial score (nSPS) is 12.0. The molecule has 0 amide bonds. The summed E-state index contributed by atoms with van der Waals surface area (Å²) in [5, 5.41) is 0. The van der Waals surface area contributed by atoms with E-state index >= 15 is 0 Å². The Morgan fingerprint density at radius 2 is 1.21 bits per heavy atom. The van der Waals surface area contributed by atoms with Gasteiger partial charge in [-0.1, -0.05) is 83.4 Å². The number of unbranched alkanes of at least 4 members (excludes halogenated alkanes) is 9. The van der Waals surface area contributed by atoms with Crippen LogP contribution in [-0.2, 0) is 16.5 Å². The molecule has 0 saturated heterocycles. The molecule has 1 N–H and O–H groups in total. The van der Waals surface area contributed by atoms with Gasteiger partial charge in [0.05, 0.1) is 4.90 Å². The van der Waals surface area contributed by atoms with E-state index in [-0.39, 0.29) is 4.90 Å². The maximum atomic E-state index is 11.4. The molecule has 1 aromatic rings. The number of hydrogen-bond acceptors (Lipinski definition) is 3. The summed E-state index contributed by atoms with van der Waals surface area (Å²) in [7, 11) is -4.11. The number of rotatable bonds is 18. The van der Waals surface area contributed by atoms with Gasteiger partial charge in [-0.25, -0.2) is 0 Å². The zero-order valence-corrected chi connectivity index (χ0v) is 19.6. The molecule has 0 spiro atoms. The van der Waals surface area contributed by atoms with Crippen molar-refractivity contribution in [3.8, 4) is 0 Å². The van der Waals surface area contributed by atoms with E-state index < -0.39 is 10.1 Å². The van der Waals surface area contributed by atoms with Crippen molar-refractivity contribution in [3.05, 3.63) is 29.8 Å². The van der Waals surface area contributed by atoms with Crippen molar-refractivity contribution in [1.29, 1.82) is 0 Å². The van der Waals surface area contributed by atoms with Crippen LogP contribution in [-0.4, -0.2) is 37.5 Å². The third-order valence-electron chi connectivity index (χ3n) is 5.50. The summed E-state index contributed by atoms with van der Waals surface area (Å²) in [5.74, 6) is 0. The highest BCUT2D eigenvalue weighted by molar-refractivity contribution is 7.85. The molecule has 0 aromatic heterocycles. The SMILES string of the molecule is CCCN(CCC)CCCCCCCCCCCCc1ccccc1S(=O)(=O)O. The Labute approximate surface area is 179 Å². The fourth-order valence-corrected chi connectivity index (χ4v) is 4.75. The highest BCUT2D eigenvalue weighted by atomic mass is 32.2. The second-order valence-electron chi connectivity index (χ2n) is 8.21. The molecule has 1 aromatic carbocycles. The smallest absolute Gasteiger partial charge is 0.294 e. The first kappa shape index (κ1) is 26.1. The summed E-state index contributed by atoms with van der Waals surface area (Å²) >= 11 is 0. The minimum absolute atomic E-state index is 0.0625. The molecule has 0 aliphatic rings. The lowest BCUT2D eigenvalue weighted by molar-refractivity contribution is 0.267. The number of aryl methyl sites for hydroxylation is 1. The lowest BCUT2D eigenvalue weighted by Crippen LogP contribution is -2.26. The topological polar surface area (TPSA) is 57.6 Å². The van der Waals surface area contributed by atoms with Crippen LogP contribution in [0.5, 0.6) is 0 Å². The lowest BCUT2D eigenvalue weighted by atomic mass is 10.0. The Hall–Kier alpha value is -0.910. The van der Waals surface area contributed by atoms with Crippen LogP contribution in [0, 0.1) is 0 Å². The largest absolute Gasteiger partial charge is 0.303 e. The first-order chi connectivity index (χ1) is 14.0. The maximum absolute atomic E-state index is 11.4. The molecule has 4 nitrogen and oxygen atoms in total. The van der Waals surface area contributed by atoms with Crippen LogP contribution < -0.4 is 0 Å². The number of benzene rings is 1. The third kappa shape index (κ3) is 12.4. The van der Waals surface area contributed by atoms with Crippen molar-refractivity contribution in [2.24, 2.45) is 0 Å². The molecular weight excluding hydrogens is 382 g/mol. The van der Waals surface area contributed by atoms with E-state index in [1.165, 1.54) is 89.9 Å². The Balaban J connectivity index is 1.99. The van der Waals surface area contributed by atoms with Crippen LogP contribution >= 0.6 is 0 Å². The predicted octanol–water partition coefficient (Wildman–Crippen LogP) is 6.50. The lowest BCUT2D eigenvalue weighted by Gasteiger charge is -2.20. The fraction of sp³-hybridized carbons (Fsp3) is 0.750. The molecule has 0 heterocycles. The Morgan fingerprint density at radius 3 is 1.72 bits per heavy atom. The quantitative estimate of drug-likeness (QED) is 0.215. The van der Waals surface area contributed by atoms with Gasteiger partial charge >= 0.3 is 0 Å². The van der Waals surface area contributed by atoms with Crippen LogP contribution in [0.4, 0.5) is 0 Å². The second kappa shape index (κ2) is 15.9. The first-order valence-corrected chi connectivity index (χ1v) is 13.2. The molecule has 5 heteroatoms. The number of nitrogens with zero attached hydrogens (tertiary/aromatic N) is 1. The van der Waals surface area contributed by atoms with E-state index in [0.717, 1.165) is 18.4 Å². The van der Waals surface area contributed by atoms with E-state index in [2.05, 4.69) is 18.7 Å². The molecule has 0 fully saturated rings. The van der Waals surface area contributed by atoms with Gasteiger partial charge in [0.25, 0.3) is 10.1 Å². The zero-order chi connectivity index (χ0) is 21.4. The van der Waals surface area contributed by atoms with Gasteiger partial charge in [-0.15, -0.1) is 0 Å². The van der Waals surface area contributed by atoms with Gasteiger partial charge in [-0.05, 0) is 63.4 Å². The molecule has 0 atom stereocenters. The van der Waals surface area contributed by atoms with Gasteiger partial charge in [-0.3, -0.25) is 4.55 Å². The van der Waals surface area contributed by atoms with Gasteiger partial charge in [0.1, 0.15) is 0 Å². The molecule has 29 heavy (non-hydrogen) atoms. The van der Waals surface area contributed by atoms with Crippen LogP contribution in [0.1, 0.15) is 96.5 Å². The summed E-state index contributed by atoms with van der Waals surface area (Å²) in [6, 6.07) is 6.76. The van der Waals surface area contributed by atoms with Gasteiger partial charge in [-0.2, -0.15) is 8.42 Å². The van der Waals surface area contributed by atoms with Crippen LogP contribution in [0.3, 0.4) is 0 Å². The highest BCUT2D eigenvalue weighted by Crippen LogP contribution is 2.18. The van der Waals surface area contributed by atoms with Gasteiger partial charge < -0.3 is 4.90 Å². The predicted molar refractivity (Wildman–Crippen MR) is 123 cm³/mol. The van der Waals surface area contributed by atoms with Gasteiger partial charge in [0, 0.05) is 0 Å². The monoisotopic (exact) mass is 425 g/mol. The summed E-state index contributed by atoms with van der Waals surface area (Å²) in [6.45, 7) is 8.29. The molecule has 168 valence electrons. The third-order valence-corrected chi connectivity index (χ3v) is 6.45. The first-order valence-electron chi connectivity index (χ1n) is 11.8. The van der Waals surface area contributed by atoms with Crippen molar-refractivity contribution < 1.29 is 13.0 Å². The van der Waals surface area contributed by atoms with E-state index in [9.17, 15) is 13.0 Å². The Morgan fingerprint density at radius 1 is 0.724 bits per heavy atom. The molecular formula is C24H43NO3S. The van der Waals surface area contributed by atoms with E-state index in [0.29, 0.717) is 6.42 Å². The summed E-state index contributed by atoms with van der Waals surface area (Å²) < 4.78 is 32.1. The minimum atomic E-state index is -4.11. The number of hydrogen-bond donors (Lipinski definition) is 1. The fourth-order valence-electron chi connectivity index (χ4n) is 3.99. The molecule has 0 unspecified atom stereocenters. The van der Waals surface area contributed by atoms with Crippen LogP contribution in [0.2, 0.25) is 0 Å². The molecule has 0 bridgehead atoms. The van der Waals surface area contributed by atoms with E-state index in [1.807, 2.05) is 6.07 Å². The average Bonchev–Trinajstić information content (AvgIpc) is 2.68. The highest BCUT2D eigenvalue weighted by Gasteiger charge is 2.13. The molecule has 0 radical (unpaired) electrons. The standard InChI is InChI=1S/C24H43NO3S/c1-3-20-25(21-4-2)22-16-12-10-8-6-5-7-9-11-13-17-23-18-14-15-19-24(23)29(26,27)28/h14-15,18-19H,3-13,16-17,20-22H2,1-2H3,(H,26,27,28). The molecule has 0 aliphatic carbocycles. The Kier molecular flexibility index (Phi) is 14.3. The minimum Gasteiger partial charge on any atom is -0.303 e. The molecule has 1 rings (SSSR count). The van der Waals surface area contributed by atoms with Crippen molar-refractivity contribution in [3.63, 3.8) is 0 Å². The maximum Gasteiger partial charge on any atom is 0.294 e. The summed E-state index contributed by atoms with van der Waals surface area (Å²) in [5.41, 5.74) is 0.728. The van der Waals surface area contributed by atoms with Crippen molar-refractivity contribution in [2.45, 2.75) is 102 Å². The van der Waals surface area contributed by atoms with Crippen molar-refractivity contribution >= 4 is 10.1 Å². The molecule has 0 aliphatic heterocycles. The summed E-state index contributed by atoms with van der Waals surface area (Å²) in [6.07, 6.45) is 15.8. The van der Waals surface area contributed by atoms with Crippen molar-refractivity contribution in [2.75, 3.05) is 19.6 Å². The second-order valence-corrected chi connectivity index (χ2v) is 9.60. The van der Waals surface area contributed by atoms with E-state index in [1.54, 1.807) is 12.1 Å². The Bertz CT molecular complexity index is 625. The van der Waals surface area contributed by atoms with E-state index in [4.69, 9.17) is 0 Å². The zero-order valence-electron chi connectivity index (χ0n) is 18.7. The van der Waals surface area contributed by atoms with Crippen LogP contribution in [0.15, 0.2) is 29.2 Å². The summed E-state index contributed by atoms with van der Waals surface area (Å²) in [4.78, 5) is 2.67.